The van der Waals surface area contributed by atoms with Gasteiger partial charge in [0.25, 0.3) is 0 Å². The van der Waals surface area contributed by atoms with E-state index in [0.717, 1.165) is 10.2 Å². The smallest absolute Gasteiger partial charge is 0.319 e. The van der Waals surface area contributed by atoms with Crippen molar-refractivity contribution in [3.05, 3.63) is 58.3 Å². The van der Waals surface area contributed by atoms with Gasteiger partial charge >= 0.3 is 6.03 Å². The lowest BCUT2D eigenvalue weighted by atomic mass is 10.1. The van der Waals surface area contributed by atoms with Gasteiger partial charge in [-0.2, -0.15) is 0 Å². The maximum absolute atomic E-state index is 13.6. The highest BCUT2D eigenvalue weighted by molar-refractivity contribution is 9.10. The summed E-state index contributed by atoms with van der Waals surface area (Å²) in [5, 5.41) is 5.42. The third kappa shape index (κ3) is 5.56. The Morgan fingerprint density at radius 3 is 2.65 bits per heavy atom. The molecule has 2 N–H and O–H groups in total. The molecule has 0 atom stereocenters. The van der Waals surface area contributed by atoms with Gasteiger partial charge in [-0.05, 0) is 61.4 Å². The summed E-state index contributed by atoms with van der Waals surface area (Å²) in [5.74, 6) is 0.477. The van der Waals surface area contributed by atoms with Crippen LogP contribution in [-0.2, 0) is 6.42 Å². The van der Waals surface area contributed by atoms with Crippen molar-refractivity contribution in [2.75, 3.05) is 18.5 Å². The van der Waals surface area contributed by atoms with E-state index in [9.17, 15) is 9.18 Å². The zero-order chi connectivity index (χ0) is 16.7. The standard InChI is InChI=1S/C17H18BrFN2O2/c1-2-23-15-6-4-14(5-7-15)21-17(22)20-10-9-12-11-13(18)3-8-16(12)19/h3-8,11H,2,9-10H2,1H3,(H2,20,21,22). The molecule has 0 fully saturated rings. The van der Waals surface area contributed by atoms with Crippen molar-refractivity contribution >= 4 is 27.6 Å². The molecular formula is C17H18BrFN2O2. The van der Waals surface area contributed by atoms with Crippen LogP contribution in [0.25, 0.3) is 0 Å². The second-order valence-electron chi connectivity index (χ2n) is 4.82. The highest BCUT2D eigenvalue weighted by Crippen LogP contribution is 2.16. The van der Waals surface area contributed by atoms with Gasteiger partial charge < -0.3 is 15.4 Å². The molecule has 0 saturated carbocycles. The first-order valence-corrected chi connectivity index (χ1v) is 8.09. The number of halogens is 2. The summed E-state index contributed by atoms with van der Waals surface area (Å²) in [6.07, 6.45) is 0.419. The SMILES string of the molecule is CCOc1ccc(NC(=O)NCCc2cc(Br)ccc2F)cc1. The molecule has 0 spiro atoms. The average Bonchev–Trinajstić information content (AvgIpc) is 2.53. The van der Waals surface area contributed by atoms with E-state index in [1.165, 1.54) is 6.07 Å². The summed E-state index contributed by atoms with van der Waals surface area (Å²) >= 11 is 3.30. The quantitative estimate of drug-likeness (QED) is 0.782. The number of hydrogen-bond acceptors (Lipinski definition) is 2. The third-order valence-electron chi connectivity index (χ3n) is 3.11. The lowest BCUT2D eigenvalue weighted by molar-refractivity contribution is 0.252. The predicted octanol–water partition coefficient (Wildman–Crippen LogP) is 4.35. The number of carbonyl (C=O) groups is 1. The van der Waals surface area contributed by atoms with E-state index >= 15 is 0 Å². The van der Waals surface area contributed by atoms with Crippen molar-refractivity contribution < 1.29 is 13.9 Å². The number of benzene rings is 2. The van der Waals surface area contributed by atoms with Crippen LogP contribution in [0.2, 0.25) is 0 Å². The van der Waals surface area contributed by atoms with Gasteiger partial charge in [-0.25, -0.2) is 9.18 Å². The molecule has 0 radical (unpaired) electrons. The topological polar surface area (TPSA) is 50.4 Å². The first-order valence-electron chi connectivity index (χ1n) is 7.30. The summed E-state index contributed by atoms with van der Waals surface area (Å²) in [7, 11) is 0. The van der Waals surface area contributed by atoms with Gasteiger partial charge in [-0.15, -0.1) is 0 Å². The predicted molar refractivity (Wildman–Crippen MR) is 92.4 cm³/mol. The summed E-state index contributed by atoms with van der Waals surface area (Å²) in [4.78, 5) is 11.8. The normalized spacial score (nSPS) is 10.2. The van der Waals surface area contributed by atoms with Gasteiger partial charge in [0.1, 0.15) is 11.6 Å². The summed E-state index contributed by atoms with van der Waals surface area (Å²) in [6, 6.07) is 11.5. The van der Waals surface area contributed by atoms with Gasteiger partial charge in [0, 0.05) is 16.7 Å². The molecule has 0 aliphatic heterocycles. The number of rotatable bonds is 6. The third-order valence-corrected chi connectivity index (χ3v) is 3.60. The van der Waals surface area contributed by atoms with E-state index in [1.807, 2.05) is 6.92 Å². The van der Waals surface area contributed by atoms with Crippen molar-refractivity contribution in [1.29, 1.82) is 0 Å². The number of ether oxygens (including phenoxy) is 1. The number of carbonyl (C=O) groups excluding carboxylic acids is 1. The second-order valence-corrected chi connectivity index (χ2v) is 5.74. The fourth-order valence-electron chi connectivity index (χ4n) is 2.02. The highest BCUT2D eigenvalue weighted by Gasteiger charge is 2.05. The highest BCUT2D eigenvalue weighted by atomic mass is 79.9. The Morgan fingerprint density at radius 1 is 1.22 bits per heavy atom. The summed E-state index contributed by atoms with van der Waals surface area (Å²) < 4.78 is 19.7. The molecule has 0 heterocycles. The number of anilines is 1. The maximum atomic E-state index is 13.6. The van der Waals surface area contributed by atoms with Crippen LogP contribution in [0.4, 0.5) is 14.9 Å². The molecule has 2 aromatic carbocycles. The minimum Gasteiger partial charge on any atom is -0.494 e. The lowest BCUT2D eigenvalue weighted by Crippen LogP contribution is -2.30. The number of amides is 2. The molecule has 2 aromatic rings. The van der Waals surface area contributed by atoms with Gasteiger partial charge in [0.15, 0.2) is 0 Å². The number of urea groups is 1. The van der Waals surface area contributed by atoms with E-state index in [1.54, 1.807) is 36.4 Å². The van der Waals surface area contributed by atoms with Crippen molar-refractivity contribution in [1.82, 2.24) is 5.32 Å². The summed E-state index contributed by atoms with van der Waals surface area (Å²) in [5.41, 5.74) is 1.22. The van der Waals surface area contributed by atoms with Gasteiger partial charge in [0.05, 0.1) is 6.61 Å². The Kier molecular flexibility index (Phi) is 6.40. The molecule has 122 valence electrons. The van der Waals surface area contributed by atoms with Crippen LogP contribution in [-0.4, -0.2) is 19.2 Å². The Bertz CT molecular complexity index is 662. The average molecular weight is 381 g/mol. The fraction of sp³-hybridized carbons (Fsp3) is 0.235. The van der Waals surface area contributed by atoms with E-state index < -0.39 is 0 Å². The molecule has 0 bridgehead atoms. The van der Waals surface area contributed by atoms with Crippen LogP contribution >= 0.6 is 15.9 Å². The van der Waals surface area contributed by atoms with Gasteiger partial charge in [-0.3, -0.25) is 0 Å². The second kappa shape index (κ2) is 8.53. The maximum Gasteiger partial charge on any atom is 0.319 e. The molecular weight excluding hydrogens is 363 g/mol. The first-order chi connectivity index (χ1) is 11.1. The molecule has 0 aliphatic rings. The van der Waals surface area contributed by atoms with Gasteiger partial charge in [0.2, 0.25) is 0 Å². The van der Waals surface area contributed by atoms with E-state index in [0.29, 0.717) is 30.8 Å². The van der Waals surface area contributed by atoms with Crippen molar-refractivity contribution in [2.24, 2.45) is 0 Å². The molecule has 0 aliphatic carbocycles. The van der Waals surface area contributed by atoms with E-state index in [4.69, 9.17) is 4.74 Å². The lowest BCUT2D eigenvalue weighted by Gasteiger charge is -2.09. The molecule has 2 rings (SSSR count). The number of nitrogens with one attached hydrogen (secondary N) is 2. The molecule has 23 heavy (non-hydrogen) atoms. The van der Waals surface area contributed by atoms with Crippen LogP contribution in [0.5, 0.6) is 5.75 Å². The molecule has 6 heteroatoms. The molecule has 0 aromatic heterocycles. The van der Waals surface area contributed by atoms with Crippen LogP contribution in [0.3, 0.4) is 0 Å². The zero-order valence-electron chi connectivity index (χ0n) is 12.7. The molecule has 2 amide bonds. The Labute approximate surface area is 143 Å². The molecule has 4 nitrogen and oxygen atoms in total. The van der Waals surface area contributed by atoms with Crippen molar-refractivity contribution in [3.63, 3.8) is 0 Å². The fourth-order valence-corrected chi connectivity index (χ4v) is 2.43. The Hall–Kier alpha value is -2.08. The van der Waals surface area contributed by atoms with Crippen LogP contribution in [0.1, 0.15) is 12.5 Å². The van der Waals surface area contributed by atoms with Crippen molar-refractivity contribution in [3.8, 4) is 5.75 Å². The van der Waals surface area contributed by atoms with Crippen LogP contribution in [0.15, 0.2) is 46.9 Å². The Balaban J connectivity index is 1.79. The van der Waals surface area contributed by atoms with E-state index in [-0.39, 0.29) is 11.8 Å². The van der Waals surface area contributed by atoms with Crippen LogP contribution in [0, 0.1) is 5.82 Å². The first kappa shape index (κ1) is 17.3. The number of hydrogen-bond donors (Lipinski definition) is 2. The van der Waals surface area contributed by atoms with Crippen molar-refractivity contribution in [2.45, 2.75) is 13.3 Å². The molecule has 0 unspecified atom stereocenters. The Morgan fingerprint density at radius 2 is 1.96 bits per heavy atom. The minimum atomic E-state index is -0.329. The monoisotopic (exact) mass is 380 g/mol. The summed E-state index contributed by atoms with van der Waals surface area (Å²) in [6.45, 7) is 2.85. The largest absolute Gasteiger partial charge is 0.494 e. The van der Waals surface area contributed by atoms with Gasteiger partial charge in [-0.1, -0.05) is 15.9 Å². The minimum absolute atomic E-state index is 0.276. The zero-order valence-corrected chi connectivity index (χ0v) is 14.3. The van der Waals surface area contributed by atoms with Crippen LogP contribution < -0.4 is 15.4 Å². The van der Waals surface area contributed by atoms with E-state index in [2.05, 4.69) is 26.6 Å². The molecule has 0 saturated heterocycles.